The van der Waals surface area contributed by atoms with Crippen molar-refractivity contribution in [2.75, 3.05) is 19.1 Å². The predicted molar refractivity (Wildman–Crippen MR) is 99.1 cm³/mol. The van der Waals surface area contributed by atoms with Crippen molar-refractivity contribution < 1.29 is 9.47 Å². The molecule has 0 spiro atoms. The summed E-state index contributed by atoms with van der Waals surface area (Å²) in [6.07, 6.45) is 1.61. The van der Waals surface area contributed by atoms with Gasteiger partial charge in [0, 0.05) is 29.1 Å². The molecule has 3 aromatic rings. The van der Waals surface area contributed by atoms with Crippen LogP contribution in [0.5, 0.6) is 11.5 Å². The van der Waals surface area contributed by atoms with E-state index in [4.69, 9.17) is 9.47 Å². The van der Waals surface area contributed by atoms with Crippen molar-refractivity contribution in [2.45, 2.75) is 25.8 Å². The summed E-state index contributed by atoms with van der Waals surface area (Å²) in [6, 6.07) is 12.7. The molecule has 2 heterocycles. The van der Waals surface area contributed by atoms with Crippen LogP contribution >= 0.6 is 0 Å². The van der Waals surface area contributed by atoms with Crippen LogP contribution in [0.2, 0.25) is 0 Å². The summed E-state index contributed by atoms with van der Waals surface area (Å²) in [5.41, 5.74) is 3.39. The van der Waals surface area contributed by atoms with Gasteiger partial charge in [-0.2, -0.15) is 0 Å². The van der Waals surface area contributed by atoms with Crippen molar-refractivity contribution in [3.05, 3.63) is 48.3 Å². The second-order valence-electron chi connectivity index (χ2n) is 6.38. The molecular formula is C20H21N3O2. The molecule has 0 unspecified atom stereocenters. The number of ether oxygens (including phenoxy) is 2. The molecule has 0 fully saturated rings. The molecule has 2 aromatic carbocycles. The van der Waals surface area contributed by atoms with Crippen LogP contribution in [0.15, 0.2) is 42.7 Å². The second kappa shape index (κ2) is 5.92. The normalized spacial score (nSPS) is 19.1. The molecule has 0 saturated carbocycles. The first-order chi connectivity index (χ1) is 12.2. The Balaban J connectivity index is 1.96. The van der Waals surface area contributed by atoms with Crippen LogP contribution in [-0.4, -0.2) is 30.2 Å². The molecule has 0 bridgehead atoms. The van der Waals surface area contributed by atoms with E-state index in [1.54, 1.807) is 20.5 Å². The molecule has 1 aromatic heterocycles. The summed E-state index contributed by atoms with van der Waals surface area (Å²) in [6.45, 7) is 4.50. The van der Waals surface area contributed by atoms with E-state index in [2.05, 4.69) is 53.0 Å². The monoisotopic (exact) mass is 335 g/mol. The van der Waals surface area contributed by atoms with Gasteiger partial charge >= 0.3 is 0 Å². The molecular weight excluding hydrogens is 314 g/mol. The Morgan fingerprint density at radius 3 is 2.44 bits per heavy atom. The van der Waals surface area contributed by atoms with Gasteiger partial charge in [0.15, 0.2) is 11.5 Å². The number of para-hydroxylation sites is 1. The zero-order valence-electron chi connectivity index (χ0n) is 14.9. The highest BCUT2D eigenvalue weighted by atomic mass is 16.5. The highest BCUT2D eigenvalue weighted by molar-refractivity contribution is 5.94. The number of methoxy groups -OCH3 is 2. The van der Waals surface area contributed by atoms with E-state index < -0.39 is 0 Å². The lowest BCUT2D eigenvalue weighted by atomic mass is 9.98. The average molecular weight is 335 g/mol. The number of nitrogens with zero attached hydrogens (tertiary/aromatic N) is 3. The van der Waals surface area contributed by atoms with Crippen LogP contribution < -0.4 is 14.4 Å². The van der Waals surface area contributed by atoms with Gasteiger partial charge in [0.1, 0.15) is 12.1 Å². The van der Waals surface area contributed by atoms with Crippen molar-refractivity contribution in [1.29, 1.82) is 0 Å². The van der Waals surface area contributed by atoms with Gasteiger partial charge < -0.3 is 14.4 Å². The molecule has 0 N–H and O–H groups in total. The Bertz CT molecular complexity index is 941. The van der Waals surface area contributed by atoms with Crippen LogP contribution in [0.4, 0.5) is 11.5 Å². The molecule has 1 aliphatic rings. The standard InChI is InChI=1S/C20H21N3O2/c1-12-13(2)23(17-8-6-5-7-14(12)17)20-15-9-18(24-3)19(25-4)10-16(15)21-11-22-20/h5-13H,1-4H3/t12-,13+/m1/s1. The van der Waals surface area contributed by atoms with E-state index in [0.29, 0.717) is 23.5 Å². The molecule has 2 atom stereocenters. The van der Waals surface area contributed by atoms with Crippen LogP contribution in [0, 0.1) is 0 Å². The van der Waals surface area contributed by atoms with Crippen molar-refractivity contribution in [2.24, 2.45) is 0 Å². The van der Waals surface area contributed by atoms with E-state index in [0.717, 1.165) is 16.7 Å². The summed E-state index contributed by atoms with van der Waals surface area (Å²) >= 11 is 0. The zero-order chi connectivity index (χ0) is 17.6. The van der Waals surface area contributed by atoms with Gasteiger partial charge in [-0.15, -0.1) is 0 Å². The molecule has 5 heteroatoms. The van der Waals surface area contributed by atoms with Crippen LogP contribution in [0.1, 0.15) is 25.3 Å². The van der Waals surface area contributed by atoms with Crippen molar-refractivity contribution in [3.63, 3.8) is 0 Å². The molecule has 0 amide bonds. The maximum Gasteiger partial charge on any atom is 0.162 e. The highest BCUT2D eigenvalue weighted by Crippen LogP contribution is 2.46. The number of fused-ring (bicyclic) bond motifs is 2. The zero-order valence-corrected chi connectivity index (χ0v) is 14.9. The van der Waals surface area contributed by atoms with Gasteiger partial charge in [-0.25, -0.2) is 9.97 Å². The van der Waals surface area contributed by atoms with E-state index in [1.165, 1.54) is 11.3 Å². The maximum atomic E-state index is 5.48. The SMILES string of the molecule is COc1cc2ncnc(N3c4ccccc4[C@H](C)[C@@H]3C)c2cc1OC. The quantitative estimate of drug-likeness (QED) is 0.714. The molecule has 1 aliphatic heterocycles. The number of benzene rings is 2. The molecule has 0 aliphatic carbocycles. The smallest absolute Gasteiger partial charge is 0.162 e. The van der Waals surface area contributed by atoms with Gasteiger partial charge in [0.05, 0.1) is 19.7 Å². The second-order valence-corrected chi connectivity index (χ2v) is 6.38. The van der Waals surface area contributed by atoms with Crippen LogP contribution in [-0.2, 0) is 0 Å². The van der Waals surface area contributed by atoms with E-state index in [1.807, 2.05) is 12.1 Å². The summed E-state index contributed by atoms with van der Waals surface area (Å²) in [5, 5.41) is 0.955. The maximum absolute atomic E-state index is 5.48. The molecule has 0 saturated heterocycles. The molecule has 0 radical (unpaired) electrons. The summed E-state index contributed by atoms with van der Waals surface area (Å²) in [4.78, 5) is 11.3. The fourth-order valence-corrected chi connectivity index (χ4v) is 3.66. The first-order valence-electron chi connectivity index (χ1n) is 8.40. The summed E-state index contributed by atoms with van der Waals surface area (Å²) < 4.78 is 10.9. The van der Waals surface area contributed by atoms with Crippen LogP contribution in [0.3, 0.4) is 0 Å². The minimum atomic E-state index is 0.309. The van der Waals surface area contributed by atoms with Gasteiger partial charge in [-0.05, 0) is 24.6 Å². The minimum Gasteiger partial charge on any atom is -0.493 e. The number of hydrogen-bond donors (Lipinski definition) is 0. The molecule has 25 heavy (non-hydrogen) atoms. The van der Waals surface area contributed by atoms with E-state index in [-0.39, 0.29) is 0 Å². The Morgan fingerprint density at radius 1 is 0.960 bits per heavy atom. The van der Waals surface area contributed by atoms with Crippen molar-refractivity contribution >= 4 is 22.4 Å². The molecule has 128 valence electrons. The lowest BCUT2D eigenvalue weighted by Crippen LogP contribution is -2.27. The lowest BCUT2D eigenvalue weighted by Gasteiger charge is -2.26. The van der Waals surface area contributed by atoms with E-state index in [9.17, 15) is 0 Å². The number of aromatic nitrogens is 2. The van der Waals surface area contributed by atoms with Gasteiger partial charge in [-0.3, -0.25) is 0 Å². The third-order valence-electron chi connectivity index (χ3n) is 5.17. The summed E-state index contributed by atoms with van der Waals surface area (Å²) in [7, 11) is 3.27. The van der Waals surface area contributed by atoms with Crippen molar-refractivity contribution in [1.82, 2.24) is 9.97 Å². The number of rotatable bonds is 3. The fourth-order valence-electron chi connectivity index (χ4n) is 3.66. The largest absolute Gasteiger partial charge is 0.493 e. The lowest BCUT2D eigenvalue weighted by molar-refractivity contribution is 0.356. The third-order valence-corrected chi connectivity index (χ3v) is 5.17. The van der Waals surface area contributed by atoms with E-state index >= 15 is 0 Å². The predicted octanol–water partition coefficient (Wildman–Crippen LogP) is 4.29. The molecule has 4 rings (SSSR count). The Labute approximate surface area is 147 Å². The minimum absolute atomic E-state index is 0.309. The Kier molecular flexibility index (Phi) is 3.71. The topological polar surface area (TPSA) is 47.5 Å². The summed E-state index contributed by atoms with van der Waals surface area (Å²) in [5.74, 6) is 2.68. The molecule has 5 nitrogen and oxygen atoms in total. The third kappa shape index (κ3) is 2.30. The Hall–Kier alpha value is -2.82. The van der Waals surface area contributed by atoms with Gasteiger partial charge in [0.25, 0.3) is 0 Å². The number of hydrogen-bond acceptors (Lipinski definition) is 5. The first kappa shape index (κ1) is 15.7. The van der Waals surface area contributed by atoms with Gasteiger partial charge in [-0.1, -0.05) is 25.1 Å². The highest BCUT2D eigenvalue weighted by Gasteiger charge is 2.34. The first-order valence-corrected chi connectivity index (χ1v) is 8.40. The Morgan fingerprint density at radius 2 is 1.68 bits per heavy atom. The fraction of sp³-hybridized carbons (Fsp3) is 0.300. The number of anilines is 2. The van der Waals surface area contributed by atoms with Crippen molar-refractivity contribution in [3.8, 4) is 11.5 Å². The van der Waals surface area contributed by atoms with Gasteiger partial charge in [0.2, 0.25) is 0 Å². The average Bonchev–Trinajstić information content (AvgIpc) is 2.91. The van der Waals surface area contributed by atoms with Crippen LogP contribution in [0.25, 0.3) is 10.9 Å².